The topological polar surface area (TPSA) is 29.5 Å². The molecule has 0 aromatic heterocycles. The van der Waals surface area contributed by atoms with Crippen molar-refractivity contribution in [2.75, 3.05) is 20.7 Å². The number of hydrogen-bond acceptors (Lipinski definition) is 2. The molecular formula is C11H19NO2. The van der Waals surface area contributed by atoms with Gasteiger partial charge in [-0.05, 0) is 37.0 Å². The highest BCUT2D eigenvalue weighted by atomic mass is 16.5. The van der Waals surface area contributed by atoms with Crippen molar-refractivity contribution in [3.05, 3.63) is 0 Å². The summed E-state index contributed by atoms with van der Waals surface area (Å²) in [5.41, 5.74) is 0. The molecule has 0 aromatic rings. The predicted octanol–water partition coefficient (Wildman–Crippen LogP) is 2.12. The molecule has 0 heterocycles. The smallest absolute Gasteiger partial charge is 0.409 e. The van der Waals surface area contributed by atoms with Crippen LogP contribution in [0.15, 0.2) is 0 Å². The highest BCUT2D eigenvalue weighted by molar-refractivity contribution is 5.66. The third-order valence-corrected chi connectivity index (χ3v) is 3.88. The molecule has 80 valence electrons. The summed E-state index contributed by atoms with van der Waals surface area (Å²) in [5.74, 6) is 2.57. The summed E-state index contributed by atoms with van der Waals surface area (Å²) in [4.78, 5) is 12.9. The molecule has 3 atom stereocenters. The summed E-state index contributed by atoms with van der Waals surface area (Å²) in [6.07, 6.45) is 5.33. The minimum atomic E-state index is -0.201. The minimum absolute atomic E-state index is 0.201. The van der Waals surface area contributed by atoms with E-state index in [1.807, 2.05) is 7.05 Å². The first kappa shape index (κ1) is 9.81. The van der Waals surface area contributed by atoms with Crippen molar-refractivity contribution in [3.8, 4) is 0 Å². The van der Waals surface area contributed by atoms with Crippen LogP contribution in [0.5, 0.6) is 0 Å². The van der Waals surface area contributed by atoms with Gasteiger partial charge in [-0.2, -0.15) is 0 Å². The maximum Gasteiger partial charge on any atom is 0.409 e. The van der Waals surface area contributed by atoms with Gasteiger partial charge >= 0.3 is 6.09 Å². The number of carbonyl (C=O) groups is 1. The molecule has 2 bridgehead atoms. The van der Waals surface area contributed by atoms with Gasteiger partial charge in [0.15, 0.2) is 0 Å². The number of hydrogen-bond donors (Lipinski definition) is 0. The van der Waals surface area contributed by atoms with E-state index in [1.54, 1.807) is 4.90 Å². The van der Waals surface area contributed by atoms with Gasteiger partial charge in [0.2, 0.25) is 0 Å². The Bertz CT molecular complexity index is 229. The Labute approximate surface area is 85.4 Å². The lowest BCUT2D eigenvalue weighted by Gasteiger charge is -2.26. The normalized spacial score (nSPS) is 34.6. The van der Waals surface area contributed by atoms with E-state index in [-0.39, 0.29) is 6.09 Å². The maximum atomic E-state index is 11.2. The number of fused-ring (bicyclic) bond motifs is 2. The zero-order valence-corrected chi connectivity index (χ0v) is 9.03. The standard InChI is InChI=1S/C11H19NO2/c1-12(11(13)14-2)7-10-6-8-3-4-9(10)5-8/h8-10H,3-7H2,1-2H3. The molecule has 0 aliphatic heterocycles. The van der Waals surface area contributed by atoms with Gasteiger partial charge in [-0.15, -0.1) is 0 Å². The van der Waals surface area contributed by atoms with Crippen molar-refractivity contribution in [2.24, 2.45) is 17.8 Å². The van der Waals surface area contributed by atoms with Crippen LogP contribution >= 0.6 is 0 Å². The van der Waals surface area contributed by atoms with Crippen molar-refractivity contribution in [3.63, 3.8) is 0 Å². The summed E-state index contributed by atoms with van der Waals surface area (Å²) >= 11 is 0. The molecule has 3 heteroatoms. The van der Waals surface area contributed by atoms with Crippen LogP contribution in [-0.4, -0.2) is 31.7 Å². The molecular weight excluding hydrogens is 178 g/mol. The Morgan fingerprint density at radius 2 is 2.21 bits per heavy atom. The largest absolute Gasteiger partial charge is 0.453 e. The van der Waals surface area contributed by atoms with Gasteiger partial charge in [-0.1, -0.05) is 6.42 Å². The van der Waals surface area contributed by atoms with Crippen LogP contribution in [-0.2, 0) is 4.74 Å². The molecule has 0 saturated heterocycles. The van der Waals surface area contributed by atoms with E-state index in [0.29, 0.717) is 0 Å². The predicted molar refractivity (Wildman–Crippen MR) is 54.0 cm³/mol. The van der Waals surface area contributed by atoms with E-state index >= 15 is 0 Å². The molecule has 2 aliphatic carbocycles. The van der Waals surface area contributed by atoms with Crippen LogP contribution in [0.2, 0.25) is 0 Å². The first-order chi connectivity index (χ1) is 6.70. The van der Waals surface area contributed by atoms with Crippen LogP contribution in [0.1, 0.15) is 25.7 Å². The molecule has 0 aromatic carbocycles. The molecule has 0 N–H and O–H groups in total. The lowest BCUT2D eigenvalue weighted by molar-refractivity contribution is 0.121. The molecule has 3 unspecified atom stereocenters. The number of nitrogens with zero attached hydrogens (tertiary/aromatic N) is 1. The second-order valence-electron chi connectivity index (χ2n) is 4.79. The second kappa shape index (κ2) is 3.79. The van der Waals surface area contributed by atoms with E-state index in [9.17, 15) is 4.79 Å². The summed E-state index contributed by atoms with van der Waals surface area (Å²) in [5, 5.41) is 0. The monoisotopic (exact) mass is 197 g/mol. The van der Waals surface area contributed by atoms with Crippen molar-refractivity contribution >= 4 is 6.09 Å². The van der Waals surface area contributed by atoms with Gasteiger partial charge < -0.3 is 9.64 Å². The zero-order valence-electron chi connectivity index (χ0n) is 9.03. The highest BCUT2D eigenvalue weighted by Gasteiger charge is 2.40. The summed E-state index contributed by atoms with van der Waals surface area (Å²) in [6.45, 7) is 0.883. The number of ether oxygens (including phenoxy) is 1. The van der Waals surface area contributed by atoms with Gasteiger partial charge in [-0.3, -0.25) is 0 Å². The Kier molecular flexibility index (Phi) is 2.66. The highest BCUT2D eigenvalue weighted by Crippen LogP contribution is 2.48. The van der Waals surface area contributed by atoms with Crippen molar-refractivity contribution in [2.45, 2.75) is 25.7 Å². The fourth-order valence-corrected chi connectivity index (χ4v) is 3.18. The SMILES string of the molecule is COC(=O)N(C)CC1CC2CCC1C2. The Morgan fingerprint density at radius 3 is 2.71 bits per heavy atom. The van der Waals surface area contributed by atoms with Crippen LogP contribution in [0.4, 0.5) is 4.79 Å². The maximum absolute atomic E-state index is 11.2. The average molecular weight is 197 g/mol. The van der Waals surface area contributed by atoms with E-state index < -0.39 is 0 Å². The van der Waals surface area contributed by atoms with Crippen molar-refractivity contribution < 1.29 is 9.53 Å². The van der Waals surface area contributed by atoms with Gasteiger partial charge in [-0.25, -0.2) is 4.79 Å². The Balaban J connectivity index is 1.83. The Morgan fingerprint density at radius 1 is 1.43 bits per heavy atom. The molecule has 0 radical (unpaired) electrons. The van der Waals surface area contributed by atoms with Crippen LogP contribution in [0, 0.1) is 17.8 Å². The van der Waals surface area contributed by atoms with Crippen LogP contribution in [0.25, 0.3) is 0 Å². The molecule has 2 saturated carbocycles. The third-order valence-electron chi connectivity index (χ3n) is 3.88. The fourth-order valence-electron chi connectivity index (χ4n) is 3.18. The van der Waals surface area contributed by atoms with E-state index in [0.717, 1.165) is 24.3 Å². The van der Waals surface area contributed by atoms with Crippen molar-refractivity contribution in [1.29, 1.82) is 0 Å². The quantitative estimate of drug-likeness (QED) is 0.678. The van der Waals surface area contributed by atoms with E-state index in [1.165, 1.54) is 32.8 Å². The Hall–Kier alpha value is -0.730. The summed E-state index contributed by atoms with van der Waals surface area (Å²) in [6, 6.07) is 0. The summed E-state index contributed by atoms with van der Waals surface area (Å²) in [7, 11) is 3.28. The van der Waals surface area contributed by atoms with Crippen molar-refractivity contribution in [1.82, 2.24) is 4.90 Å². The van der Waals surface area contributed by atoms with Crippen LogP contribution < -0.4 is 0 Å². The summed E-state index contributed by atoms with van der Waals surface area (Å²) < 4.78 is 4.69. The lowest BCUT2D eigenvalue weighted by atomic mass is 9.88. The minimum Gasteiger partial charge on any atom is -0.453 e. The molecule has 3 nitrogen and oxygen atoms in total. The fraction of sp³-hybridized carbons (Fsp3) is 0.909. The second-order valence-corrected chi connectivity index (χ2v) is 4.79. The average Bonchev–Trinajstić information content (AvgIpc) is 2.77. The van der Waals surface area contributed by atoms with Gasteiger partial charge in [0, 0.05) is 13.6 Å². The lowest BCUT2D eigenvalue weighted by Crippen LogP contribution is -2.33. The third kappa shape index (κ3) is 1.72. The molecule has 2 aliphatic rings. The van der Waals surface area contributed by atoms with Gasteiger partial charge in [0.05, 0.1) is 7.11 Å². The first-order valence-corrected chi connectivity index (χ1v) is 5.49. The van der Waals surface area contributed by atoms with Gasteiger partial charge in [0.25, 0.3) is 0 Å². The number of carbonyl (C=O) groups excluding carboxylic acids is 1. The molecule has 1 amide bonds. The number of methoxy groups -OCH3 is 1. The molecule has 0 spiro atoms. The number of amides is 1. The zero-order chi connectivity index (χ0) is 10.1. The molecule has 2 fully saturated rings. The van der Waals surface area contributed by atoms with Crippen LogP contribution in [0.3, 0.4) is 0 Å². The van der Waals surface area contributed by atoms with E-state index in [4.69, 9.17) is 0 Å². The first-order valence-electron chi connectivity index (χ1n) is 5.49. The molecule has 14 heavy (non-hydrogen) atoms. The van der Waals surface area contributed by atoms with E-state index in [2.05, 4.69) is 4.74 Å². The molecule has 2 rings (SSSR count). The number of rotatable bonds is 2. The van der Waals surface area contributed by atoms with Gasteiger partial charge in [0.1, 0.15) is 0 Å².